The molecule has 6 heteroatoms. The molecule has 1 aliphatic heterocycles. The van der Waals surface area contributed by atoms with E-state index in [1.54, 1.807) is 7.05 Å². The summed E-state index contributed by atoms with van der Waals surface area (Å²) in [5.74, 6) is 0. The maximum atomic E-state index is 9.50. The number of hydrogen-bond acceptors (Lipinski definition) is 6. The van der Waals surface area contributed by atoms with E-state index < -0.39 is 30.4 Å². The Kier molecular flexibility index (Phi) is 3.82. The largest absolute Gasteiger partial charge is 0.395 e. The normalized spacial score (nSPS) is 45.4. The van der Waals surface area contributed by atoms with Crippen molar-refractivity contribution in [2.24, 2.45) is 0 Å². The van der Waals surface area contributed by atoms with E-state index in [1.165, 1.54) is 4.90 Å². The van der Waals surface area contributed by atoms with Crippen LogP contribution >= 0.6 is 0 Å². The van der Waals surface area contributed by atoms with Crippen molar-refractivity contribution < 1.29 is 25.5 Å². The van der Waals surface area contributed by atoms with Gasteiger partial charge in [-0.2, -0.15) is 0 Å². The molecular formula is C8H17NO5. The molecule has 1 rings (SSSR count). The van der Waals surface area contributed by atoms with E-state index >= 15 is 0 Å². The van der Waals surface area contributed by atoms with Gasteiger partial charge in [0.05, 0.1) is 25.3 Å². The molecule has 84 valence electrons. The Balaban J connectivity index is 2.82. The average molecular weight is 207 g/mol. The van der Waals surface area contributed by atoms with E-state index in [2.05, 4.69) is 0 Å². The lowest BCUT2D eigenvalue weighted by Gasteiger charge is -2.46. The topological polar surface area (TPSA) is 104 Å². The molecule has 5 N–H and O–H groups in total. The Morgan fingerprint density at radius 3 is 1.50 bits per heavy atom. The maximum absolute atomic E-state index is 9.50. The number of aliphatic hydroxyl groups is 5. The Labute approximate surface area is 82.0 Å². The van der Waals surface area contributed by atoms with E-state index in [0.717, 1.165) is 0 Å². The molecule has 0 spiro atoms. The standard InChI is InChI=1S/C8H17NO5/c1-9-4(2-10)6(12)8(14)7(13)5(9)3-11/h4-8,10-14H,2-3H2,1H3/t4-,5-,6-,7+,8?/m1/s1. The highest BCUT2D eigenvalue weighted by atomic mass is 16.4. The molecule has 0 saturated carbocycles. The molecule has 1 fully saturated rings. The molecule has 0 aromatic rings. The van der Waals surface area contributed by atoms with Crippen molar-refractivity contribution in [1.82, 2.24) is 4.90 Å². The van der Waals surface area contributed by atoms with Crippen LogP contribution in [-0.2, 0) is 0 Å². The summed E-state index contributed by atoms with van der Waals surface area (Å²) in [4.78, 5) is 1.47. The predicted octanol–water partition coefficient (Wildman–Crippen LogP) is -3.26. The van der Waals surface area contributed by atoms with Crippen LogP contribution in [0.5, 0.6) is 0 Å². The molecule has 5 atom stereocenters. The highest BCUT2D eigenvalue weighted by Gasteiger charge is 2.45. The van der Waals surface area contributed by atoms with Crippen molar-refractivity contribution in [2.75, 3.05) is 20.3 Å². The van der Waals surface area contributed by atoms with Crippen molar-refractivity contribution in [2.45, 2.75) is 30.4 Å². The zero-order valence-electron chi connectivity index (χ0n) is 7.98. The van der Waals surface area contributed by atoms with Crippen molar-refractivity contribution in [1.29, 1.82) is 0 Å². The summed E-state index contributed by atoms with van der Waals surface area (Å²) < 4.78 is 0. The van der Waals surface area contributed by atoms with Crippen LogP contribution in [0.15, 0.2) is 0 Å². The number of nitrogens with zero attached hydrogens (tertiary/aromatic N) is 1. The zero-order chi connectivity index (χ0) is 10.9. The fraction of sp³-hybridized carbons (Fsp3) is 1.00. The van der Waals surface area contributed by atoms with Crippen molar-refractivity contribution in [3.05, 3.63) is 0 Å². The van der Waals surface area contributed by atoms with E-state index in [4.69, 9.17) is 10.2 Å². The summed E-state index contributed by atoms with van der Waals surface area (Å²) in [7, 11) is 1.57. The predicted molar refractivity (Wildman–Crippen MR) is 47.5 cm³/mol. The molecule has 0 bridgehead atoms. The molecular weight excluding hydrogens is 190 g/mol. The smallest absolute Gasteiger partial charge is 0.109 e. The van der Waals surface area contributed by atoms with Gasteiger partial charge in [-0.3, -0.25) is 4.90 Å². The van der Waals surface area contributed by atoms with Gasteiger partial charge in [0.25, 0.3) is 0 Å². The summed E-state index contributed by atoms with van der Waals surface area (Å²) in [5.41, 5.74) is 0. The van der Waals surface area contributed by atoms with Gasteiger partial charge in [0.2, 0.25) is 0 Å². The lowest BCUT2D eigenvalue weighted by Crippen LogP contribution is -2.67. The monoisotopic (exact) mass is 207 g/mol. The Hall–Kier alpha value is -0.240. The Morgan fingerprint density at radius 1 is 0.857 bits per heavy atom. The fourth-order valence-corrected chi connectivity index (χ4v) is 1.86. The van der Waals surface area contributed by atoms with Gasteiger partial charge in [-0.15, -0.1) is 0 Å². The van der Waals surface area contributed by atoms with Crippen molar-refractivity contribution in [3.8, 4) is 0 Å². The van der Waals surface area contributed by atoms with Gasteiger partial charge < -0.3 is 25.5 Å². The minimum absolute atomic E-state index is 0.335. The average Bonchev–Trinajstić information content (AvgIpc) is 2.16. The minimum atomic E-state index is -1.33. The maximum Gasteiger partial charge on any atom is 0.109 e. The Morgan fingerprint density at radius 2 is 1.21 bits per heavy atom. The second-order valence-electron chi connectivity index (χ2n) is 3.64. The van der Waals surface area contributed by atoms with Crippen molar-refractivity contribution in [3.63, 3.8) is 0 Å². The molecule has 1 heterocycles. The summed E-state index contributed by atoms with van der Waals surface area (Å²) in [6, 6.07) is -1.32. The van der Waals surface area contributed by atoms with Gasteiger partial charge in [-0.1, -0.05) is 0 Å². The molecule has 0 aromatic carbocycles. The number of hydrogen-bond donors (Lipinski definition) is 5. The molecule has 0 aliphatic carbocycles. The van der Waals surface area contributed by atoms with Gasteiger partial charge in [0.1, 0.15) is 18.3 Å². The highest BCUT2D eigenvalue weighted by Crippen LogP contribution is 2.22. The lowest BCUT2D eigenvalue weighted by atomic mass is 9.89. The van der Waals surface area contributed by atoms with Crippen LogP contribution < -0.4 is 0 Å². The number of aliphatic hydroxyl groups excluding tert-OH is 5. The van der Waals surface area contributed by atoms with Crippen LogP contribution in [0, 0.1) is 0 Å². The first-order valence-corrected chi connectivity index (χ1v) is 4.52. The Bertz CT molecular complexity index is 173. The molecule has 0 radical (unpaired) electrons. The van der Waals surface area contributed by atoms with E-state index in [-0.39, 0.29) is 13.2 Å². The van der Waals surface area contributed by atoms with Crippen LogP contribution in [0.3, 0.4) is 0 Å². The first-order valence-electron chi connectivity index (χ1n) is 4.52. The second-order valence-corrected chi connectivity index (χ2v) is 3.64. The summed E-state index contributed by atoms with van der Waals surface area (Å²) in [6.07, 6.45) is -3.74. The SMILES string of the molecule is CN1[C@H](CO)[C@H](O)C(O)[C@H](O)[C@H]1CO. The summed E-state index contributed by atoms with van der Waals surface area (Å²) >= 11 is 0. The molecule has 14 heavy (non-hydrogen) atoms. The van der Waals surface area contributed by atoms with Gasteiger partial charge >= 0.3 is 0 Å². The second kappa shape index (κ2) is 4.52. The van der Waals surface area contributed by atoms with Gasteiger partial charge in [-0.25, -0.2) is 0 Å². The third-order valence-corrected chi connectivity index (χ3v) is 2.91. The zero-order valence-corrected chi connectivity index (χ0v) is 7.98. The van der Waals surface area contributed by atoms with Crippen LogP contribution in [0.1, 0.15) is 0 Å². The van der Waals surface area contributed by atoms with E-state index in [1.807, 2.05) is 0 Å². The van der Waals surface area contributed by atoms with Crippen LogP contribution in [-0.4, -0.2) is 81.1 Å². The molecule has 1 saturated heterocycles. The fourth-order valence-electron chi connectivity index (χ4n) is 1.86. The van der Waals surface area contributed by atoms with Gasteiger partial charge in [0.15, 0.2) is 0 Å². The van der Waals surface area contributed by atoms with Crippen LogP contribution in [0.25, 0.3) is 0 Å². The van der Waals surface area contributed by atoms with Gasteiger partial charge in [0, 0.05) is 0 Å². The third kappa shape index (κ3) is 1.77. The van der Waals surface area contributed by atoms with E-state index in [9.17, 15) is 15.3 Å². The minimum Gasteiger partial charge on any atom is -0.395 e. The quantitative estimate of drug-likeness (QED) is 0.325. The van der Waals surface area contributed by atoms with E-state index in [0.29, 0.717) is 0 Å². The molecule has 0 amide bonds. The first kappa shape index (κ1) is 11.8. The first-order chi connectivity index (χ1) is 6.54. The third-order valence-electron chi connectivity index (χ3n) is 2.91. The molecule has 6 nitrogen and oxygen atoms in total. The lowest BCUT2D eigenvalue weighted by molar-refractivity contribution is -0.171. The highest BCUT2D eigenvalue weighted by molar-refractivity contribution is 4.98. The molecule has 0 aromatic heterocycles. The number of rotatable bonds is 2. The summed E-state index contributed by atoms with van der Waals surface area (Å²) in [6.45, 7) is -0.671. The summed E-state index contributed by atoms with van der Waals surface area (Å²) in [5, 5.41) is 46.4. The number of likely N-dealkylation sites (tertiary alicyclic amines) is 1. The van der Waals surface area contributed by atoms with Crippen molar-refractivity contribution >= 4 is 0 Å². The van der Waals surface area contributed by atoms with Crippen LogP contribution in [0.4, 0.5) is 0 Å². The number of piperidine rings is 1. The number of likely N-dealkylation sites (N-methyl/N-ethyl adjacent to an activating group) is 1. The van der Waals surface area contributed by atoms with Gasteiger partial charge in [-0.05, 0) is 7.05 Å². The molecule has 1 aliphatic rings. The molecule has 1 unspecified atom stereocenters. The van der Waals surface area contributed by atoms with Crippen LogP contribution in [0.2, 0.25) is 0 Å².